The van der Waals surface area contributed by atoms with E-state index in [4.69, 9.17) is 5.73 Å². The highest BCUT2D eigenvalue weighted by Gasteiger charge is 2.15. The maximum absolute atomic E-state index is 5.80. The average Bonchev–Trinajstić information content (AvgIpc) is 2.17. The summed E-state index contributed by atoms with van der Waals surface area (Å²) in [5, 5.41) is 0. The molecule has 0 aliphatic carbocycles. The third kappa shape index (κ3) is 3.95. The molecule has 0 spiro atoms. The molecule has 92 valence electrons. The summed E-state index contributed by atoms with van der Waals surface area (Å²) < 4.78 is 0. The zero-order chi connectivity index (χ0) is 9.97. The zero-order valence-electron chi connectivity index (χ0n) is 9.56. The lowest BCUT2D eigenvalue weighted by Crippen LogP contribution is -2.38. The maximum atomic E-state index is 5.80. The van der Waals surface area contributed by atoms with Gasteiger partial charge in [0.05, 0.1) is 0 Å². The zero-order valence-corrected chi connectivity index (χ0v) is 11.2. The van der Waals surface area contributed by atoms with Crippen molar-refractivity contribution in [3.63, 3.8) is 0 Å². The van der Waals surface area contributed by atoms with Crippen LogP contribution in [0.3, 0.4) is 0 Å². The molecular weight excluding hydrogens is 243 g/mol. The quantitative estimate of drug-likeness (QED) is 0.886. The lowest BCUT2D eigenvalue weighted by atomic mass is 10.00. The van der Waals surface area contributed by atoms with Crippen LogP contribution >= 0.6 is 24.8 Å². The van der Waals surface area contributed by atoms with Gasteiger partial charge in [-0.05, 0) is 24.5 Å². The van der Waals surface area contributed by atoms with E-state index < -0.39 is 0 Å². The third-order valence-corrected chi connectivity index (χ3v) is 2.76. The molecule has 16 heavy (non-hydrogen) atoms. The van der Waals surface area contributed by atoms with Crippen LogP contribution in [0.5, 0.6) is 0 Å². The number of halogens is 2. The van der Waals surface area contributed by atoms with Crippen LogP contribution in [-0.4, -0.2) is 24.0 Å². The molecule has 2 nitrogen and oxygen atoms in total. The number of rotatable bonds is 2. The predicted octanol–water partition coefficient (Wildman–Crippen LogP) is 2.24. The average molecular weight is 263 g/mol. The summed E-state index contributed by atoms with van der Waals surface area (Å²) in [6.45, 7) is 5.30. The number of hydrogen-bond acceptors (Lipinski definition) is 2. The summed E-state index contributed by atoms with van der Waals surface area (Å²) >= 11 is 0. The number of nitrogens with zero attached hydrogens (tertiary/aromatic N) is 1. The number of benzene rings is 1. The van der Waals surface area contributed by atoms with E-state index in [1.54, 1.807) is 0 Å². The van der Waals surface area contributed by atoms with Gasteiger partial charge in [0, 0.05) is 25.7 Å². The highest BCUT2D eigenvalue weighted by Crippen LogP contribution is 2.17. The Morgan fingerprint density at radius 3 is 2.50 bits per heavy atom. The molecular formula is C12H20Cl2N2. The molecule has 0 bridgehead atoms. The van der Waals surface area contributed by atoms with Crippen molar-refractivity contribution >= 4 is 24.8 Å². The van der Waals surface area contributed by atoms with Gasteiger partial charge >= 0.3 is 0 Å². The van der Waals surface area contributed by atoms with Crippen LogP contribution in [0.2, 0.25) is 0 Å². The molecule has 0 aromatic heterocycles. The van der Waals surface area contributed by atoms with Gasteiger partial charge in [-0.1, -0.05) is 24.3 Å². The predicted molar refractivity (Wildman–Crippen MR) is 73.6 cm³/mol. The molecule has 0 saturated carbocycles. The fraction of sp³-hybridized carbons (Fsp3) is 0.500. The SMILES string of the molecule is CC(N)CN1CCc2ccccc2C1.Cl.Cl. The minimum atomic E-state index is 0. The first-order chi connectivity index (χ1) is 6.75. The van der Waals surface area contributed by atoms with Crippen LogP contribution < -0.4 is 5.73 Å². The summed E-state index contributed by atoms with van der Waals surface area (Å²) in [6.07, 6.45) is 1.17. The molecule has 0 radical (unpaired) electrons. The van der Waals surface area contributed by atoms with E-state index in [2.05, 4.69) is 36.1 Å². The van der Waals surface area contributed by atoms with Gasteiger partial charge in [-0.2, -0.15) is 0 Å². The molecule has 1 aromatic rings. The molecule has 1 aliphatic heterocycles. The van der Waals surface area contributed by atoms with Crippen LogP contribution in [0, 0.1) is 0 Å². The Labute approximate surface area is 110 Å². The first-order valence-corrected chi connectivity index (χ1v) is 5.30. The molecule has 1 heterocycles. The second kappa shape index (κ2) is 7.13. The van der Waals surface area contributed by atoms with Crippen molar-refractivity contribution < 1.29 is 0 Å². The fourth-order valence-electron chi connectivity index (χ4n) is 2.12. The maximum Gasteiger partial charge on any atom is 0.0237 e. The van der Waals surface area contributed by atoms with E-state index in [0.717, 1.165) is 19.6 Å². The first kappa shape index (κ1) is 15.7. The molecule has 1 atom stereocenters. The lowest BCUT2D eigenvalue weighted by molar-refractivity contribution is 0.242. The van der Waals surface area contributed by atoms with Crippen LogP contribution in [0.1, 0.15) is 18.1 Å². The van der Waals surface area contributed by atoms with Gasteiger partial charge in [0.1, 0.15) is 0 Å². The van der Waals surface area contributed by atoms with Gasteiger partial charge in [-0.25, -0.2) is 0 Å². The minimum absolute atomic E-state index is 0. The van der Waals surface area contributed by atoms with E-state index in [9.17, 15) is 0 Å². The standard InChI is InChI=1S/C12H18N2.2ClH/c1-10(13)8-14-7-6-11-4-2-3-5-12(11)9-14;;/h2-5,10H,6-9,13H2,1H3;2*1H. The summed E-state index contributed by atoms with van der Waals surface area (Å²) in [4.78, 5) is 2.44. The monoisotopic (exact) mass is 262 g/mol. The molecule has 1 aromatic carbocycles. The van der Waals surface area contributed by atoms with Crippen molar-refractivity contribution in [1.82, 2.24) is 4.90 Å². The van der Waals surface area contributed by atoms with Gasteiger partial charge in [0.15, 0.2) is 0 Å². The van der Waals surface area contributed by atoms with E-state index >= 15 is 0 Å². The van der Waals surface area contributed by atoms with Gasteiger partial charge in [-0.15, -0.1) is 24.8 Å². The first-order valence-electron chi connectivity index (χ1n) is 5.30. The normalized spacial score (nSPS) is 16.6. The smallest absolute Gasteiger partial charge is 0.0237 e. The fourth-order valence-corrected chi connectivity index (χ4v) is 2.12. The second-order valence-electron chi connectivity index (χ2n) is 4.23. The Hall–Kier alpha value is -0.280. The second-order valence-corrected chi connectivity index (χ2v) is 4.23. The molecule has 4 heteroatoms. The Bertz CT molecular complexity index is 316. The van der Waals surface area contributed by atoms with E-state index in [0.29, 0.717) is 0 Å². The molecule has 0 amide bonds. The molecule has 0 fully saturated rings. The van der Waals surface area contributed by atoms with E-state index in [1.165, 1.54) is 17.5 Å². The van der Waals surface area contributed by atoms with Crippen molar-refractivity contribution in [1.29, 1.82) is 0 Å². The van der Waals surface area contributed by atoms with Crippen molar-refractivity contribution in [2.45, 2.75) is 25.9 Å². The highest BCUT2D eigenvalue weighted by atomic mass is 35.5. The van der Waals surface area contributed by atoms with Crippen LogP contribution in [-0.2, 0) is 13.0 Å². The summed E-state index contributed by atoms with van der Waals surface area (Å²) in [5.41, 5.74) is 8.78. The number of hydrogen-bond donors (Lipinski definition) is 1. The third-order valence-electron chi connectivity index (χ3n) is 2.76. The molecule has 1 aliphatic rings. The Morgan fingerprint density at radius 1 is 1.25 bits per heavy atom. The topological polar surface area (TPSA) is 29.3 Å². The van der Waals surface area contributed by atoms with Crippen molar-refractivity contribution in [3.05, 3.63) is 35.4 Å². The summed E-state index contributed by atoms with van der Waals surface area (Å²) in [6, 6.07) is 8.98. The van der Waals surface area contributed by atoms with Crippen LogP contribution in [0.15, 0.2) is 24.3 Å². The van der Waals surface area contributed by atoms with E-state index in [-0.39, 0.29) is 30.9 Å². The van der Waals surface area contributed by atoms with Crippen molar-refractivity contribution in [2.75, 3.05) is 13.1 Å². The van der Waals surface area contributed by atoms with Crippen molar-refractivity contribution in [3.8, 4) is 0 Å². The van der Waals surface area contributed by atoms with Gasteiger partial charge in [0.25, 0.3) is 0 Å². The number of fused-ring (bicyclic) bond motifs is 1. The Kier molecular flexibility index (Phi) is 7.00. The van der Waals surface area contributed by atoms with Crippen molar-refractivity contribution in [2.24, 2.45) is 5.73 Å². The highest BCUT2D eigenvalue weighted by molar-refractivity contribution is 5.85. The summed E-state index contributed by atoms with van der Waals surface area (Å²) in [7, 11) is 0. The lowest BCUT2D eigenvalue weighted by Gasteiger charge is -2.29. The van der Waals surface area contributed by atoms with Gasteiger partial charge in [-0.3, -0.25) is 4.90 Å². The van der Waals surface area contributed by atoms with Crippen LogP contribution in [0.25, 0.3) is 0 Å². The Morgan fingerprint density at radius 2 is 1.88 bits per heavy atom. The Balaban J connectivity index is 0.00000112. The molecule has 0 saturated heterocycles. The largest absolute Gasteiger partial charge is 0.327 e. The van der Waals surface area contributed by atoms with Gasteiger partial charge in [0.2, 0.25) is 0 Å². The molecule has 2 N–H and O–H groups in total. The molecule has 1 unspecified atom stereocenters. The van der Waals surface area contributed by atoms with Gasteiger partial charge < -0.3 is 5.73 Å². The summed E-state index contributed by atoms with van der Waals surface area (Å²) in [5.74, 6) is 0. The van der Waals surface area contributed by atoms with E-state index in [1.807, 2.05) is 0 Å². The number of nitrogens with two attached hydrogens (primary N) is 1. The van der Waals surface area contributed by atoms with Crippen LogP contribution in [0.4, 0.5) is 0 Å². The molecule has 2 rings (SSSR count). The minimum Gasteiger partial charge on any atom is -0.327 e.